The molecule has 0 amide bonds. The number of hydrogen-bond donors (Lipinski definition) is 0. The summed E-state index contributed by atoms with van der Waals surface area (Å²) in [7, 11) is 0. The van der Waals surface area contributed by atoms with Crippen LogP contribution in [0.25, 0.3) is 0 Å². The molecule has 0 bridgehead atoms. The van der Waals surface area contributed by atoms with Gasteiger partial charge < -0.3 is 0 Å². The van der Waals surface area contributed by atoms with Crippen molar-refractivity contribution in [3.63, 3.8) is 0 Å². The highest BCUT2D eigenvalue weighted by Gasteiger charge is 2.21. The summed E-state index contributed by atoms with van der Waals surface area (Å²) in [5.41, 5.74) is 1.10. The molecule has 0 aromatic heterocycles. The summed E-state index contributed by atoms with van der Waals surface area (Å²) in [5, 5.41) is 6.91. The third kappa shape index (κ3) is 1.68. The highest BCUT2D eigenvalue weighted by Crippen LogP contribution is 2.24. The second kappa shape index (κ2) is 3.38. The predicted molar refractivity (Wildman–Crippen MR) is 56.3 cm³/mol. The lowest BCUT2D eigenvalue weighted by atomic mass is 10.2. The molecule has 1 aliphatic heterocycles. The van der Waals surface area contributed by atoms with Gasteiger partial charge in [0.2, 0.25) is 0 Å². The van der Waals surface area contributed by atoms with Crippen LogP contribution in [-0.4, -0.2) is 11.2 Å². The zero-order valence-corrected chi connectivity index (χ0v) is 8.20. The van der Waals surface area contributed by atoms with Crippen LogP contribution < -0.4 is 5.01 Å². The Bertz CT molecular complexity index is 321. The fourth-order valence-electron chi connectivity index (χ4n) is 1.48. The molecule has 2 nitrogen and oxygen atoms in total. The molecule has 68 valence electrons. The van der Waals surface area contributed by atoms with Gasteiger partial charge in [-0.15, -0.1) is 0 Å². The van der Waals surface area contributed by atoms with E-state index in [1.54, 1.807) is 0 Å². The lowest BCUT2D eigenvalue weighted by molar-refractivity contribution is 0.724. The fraction of sp³-hybridized carbons (Fsp3) is 0.300. The van der Waals surface area contributed by atoms with Gasteiger partial charge in [-0.25, -0.2) is 0 Å². The van der Waals surface area contributed by atoms with E-state index in [1.165, 1.54) is 0 Å². The highest BCUT2D eigenvalue weighted by atomic mass is 35.5. The first-order chi connectivity index (χ1) is 6.27. The maximum absolute atomic E-state index is 5.86. The molecule has 0 fully saturated rings. The average molecular weight is 195 g/mol. The van der Waals surface area contributed by atoms with Crippen molar-refractivity contribution in [2.24, 2.45) is 5.10 Å². The quantitative estimate of drug-likeness (QED) is 0.671. The minimum absolute atomic E-state index is 0.370. The van der Waals surface area contributed by atoms with Crippen molar-refractivity contribution in [1.82, 2.24) is 0 Å². The zero-order valence-electron chi connectivity index (χ0n) is 7.44. The molecule has 0 saturated carbocycles. The van der Waals surface area contributed by atoms with Gasteiger partial charge in [-0.1, -0.05) is 29.8 Å². The Hall–Kier alpha value is -1.02. The van der Waals surface area contributed by atoms with E-state index in [-0.39, 0.29) is 0 Å². The van der Waals surface area contributed by atoms with Crippen molar-refractivity contribution in [1.29, 1.82) is 0 Å². The van der Waals surface area contributed by atoms with Crippen LogP contribution in [0.5, 0.6) is 0 Å². The lowest BCUT2D eigenvalue weighted by Gasteiger charge is -2.19. The molecule has 1 aromatic carbocycles. The molecule has 0 aliphatic carbocycles. The van der Waals surface area contributed by atoms with Gasteiger partial charge >= 0.3 is 0 Å². The van der Waals surface area contributed by atoms with Gasteiger partial charge in [-0.2, -0.15) is 5.10 Å². The molecular formula is C10H11ClN2. The van der Waals surface area contributed by atoms with Gasteiger partial charge in [0.15, 0.2) is 0 Å². The minimum Gasteiger partial charge on any atom is -0.261 e. The number of benzene rings is 1. The molecule has 1 heterocycles. The Labute approximate surface area is 82.8 Å². The van der Waals surface area contributed by atoms with Crippen molar-refractivity contribution in [2.45, 2.75) is 19.4 Å². The SMILES string of the molecule is CC1CC(Cl)=NN1c1ccccc1. The second-order valence-electron chi connectivity index (χ2n) is 3.21. The normalized spacial score (nSPS) is 21.8. The summed E-state index contributed by atoms with van der Waals surface area (Å²) in [4.78, 5) is 0. The third-order valence-corrected chi connectivity index (χ3v) is 2.35. The molecule has 0 saturated heterocycles. The highest BCUT2D eigenvalue weighted by molar-refractivity contribution is 6.65. The first-order valence-corrected chi connectivity index (χ1v) is 4.72. The van der Waals surface area contributed by atoms with E-state index in [0.29, 0.717) is 11.2 Å². The summed E-state index contributed by atoms with van der Waals surface area (Å²) in [6, 6.07) is 10.4. The molecule has 1 atom stereocenters. The Morgan fingerprint density at radius 3 is 2.62 bits per heavy atom. The van der Waals surface area contributed by atoms with Crippen LogP contribution in [0.15, 0.2) is 35.4 Å². The van der Waals surface area contributed by atoms with Crippen LogP contribution in [0, 0.1) is 0 Å². The number of anilines is 1. The Balaban J connectivity index is 2.27. The summed E-state index contributed by atoms with van der Waals surface area (Å²) in [6.45, 7) is 2.12. The van der Waals surface area contributed by atoms with Crippen LogP contribution in [0.1, 0.15) is 13.3 Å². The van der Waals surface area contributed by atoms with Crippen LogP contribution in [0.2, 0.25) is 0 Å². The first-order valence-electron chi connectivity index (χ1n) is 4.34. The van der Waals surface area contributed by atoms with Crippen LogP contribution in [-0.2, 0) is 0 Å². The molecule has 1 aliphatic rings. The van der Waals surface area contributed by atoms with Gasteiger partial charge in [0, 0.05) is 6.42 Å². The number of hydrogen-bond acceptors (Lipinski definition) is 2. The van der Waals surface area contributed by atoms with Crippen molar-refractivity contribution >= 4 is 22.5 Å². The molecule has 3 heteroatoms. The topological polar surface area (TPSA) is 15.6 Å². The van der Waals surface area contributed by atoms with E-state index >= 15 is 0 Å². The van der Waals surface area contributed by atoms with Crippen LogP contribution in [0.4, 0.5) is 5.69 Å². The molecular weight excluding hydrogens is 184 g/mol. The van der Waals surface area contributed by atoms with Crippen molar-refractivity contribution in [3.8, 4) is 0 Å². The number of hydrazone groups is 1. The Kier molecular flexibility index (Phi) is 2.23. The molecule has 2 rings (SSSR count). The van der Waals surface area contributed by atoms with Crippen molar-refractivity contribution < 1.29 is 0 Å². The Morgan fingerprint density at radius 1 is 1.38 bits per heavy atom. The number of para-hydroxylation sites is 1. The molecule has 0 spiro atoms. The number of rotatable bonds is 1. The summed E-state index contributed by atoms with van der Waals surface area (Å²) in [6.07, 6.45) is 0.844. The number of halogens is 1. The van der Waals surface area contributed by atoms with Gasteiger partial charge in [0.1, 0.15) is 5.17 Å². The largest absolute Gasteiger partial charge is 0.261 e. The van der Waals surface area contributed by atoms with Gasteiger partial charge in [-0.3, -0.25) is 5.01 Å². The van der Waals surface area contributed by atoms with Crippen molar-refractivity contribution in [3.05, 3.63) is 30.3 Å². The second-order valence-corrected chi connectivity index (χ2v) is 3.65. The minimum atomic E-state index is 0.370. The summed E-state index contributed by atoms with van der Waals surface area (Å²) in [5.74, 6) is 0. The fourth-order valence-corrected chi connectivity index (χ4v) is 1.78. The first kappa shape index (κ1) is 8.57. The van der Waals surface area contributed by atoms with E-state index < -0.39 is 0 Å². The molecule has 1 unspecified atom stereocenters. The monoisotopic (exact) mass is 194 g/mol. The van der Waals surface area contributed by atoms with E-state index in [0.717, 1.165) is 12.1 Å². The third-order valence-electron chi connectivity index (χ3n) is 2.12. The van der Waals surface area contributed by atoms with E-state index in [1.807, 2.05) is 35.3 Å². The van der Waals surface area contributed by atoms with Gasteiger partial charge in [0.05, 0.1) is 11.7 Å². The van der Waals surface area contributed by atoms with E-state index in [4.69, 9.17) is 11.6 Å². The van der Waals surface area contributed by atoms with E-state index in [2.05, 4.69) is 12.0 Å². The summed E-state index contributed by atoms with van der Waals surface area (Å²) >= 11 is 5.86. The average Bonchev–Trinajstić information content (AvgIpc) is 2.47. The Morgan fingerprint density at radius 2 is 2.08 bits per heavy atom. The smallest absolute Gasteiger partial charge is 0.128 e. The maximum Gasteiger partial charge on any atom is 0.128 e. The molecule has 0 radical (unpaired) electrons. The van der Waals surface area contributed by atoms with Crippen LogP contribution in [0.3, 0.4) is 0 Å². The molecule has 13 heavy (non-hydrogen) atoms. The zero-order chi connectivity index (χ0) is 9.26. The number of nitrogens with zero attached hydrogens (tertiary/aromatic N) is 2. The molecule has 0 N–H and O–H groups in total. The molecule has 1 aromatic rings. The van der Waals surface area contributed by atoms with Crippen LogP contribution >= 0.6 is 11.6 Å². The van der Waals surface area contributed by atoms with Gasteiger partial charge in [-0.05, 0) is 19.1 Å². The maximum atomic E-state index is 5.86. The summed E-state index contributed by atoms with van der Waals surface area (Å²) < 4.78 is 0. The van der Waals surface area contributed by atoms with E-state index in [9.17, 15) is 0 Å². The predicted octanol–water partition coefficient (Wildman–Crippen LogP) is 2.84. The van der Waals surface area contributed by atoms with Gasteiger partial charge in [0.25, 0.3) is 0 Å². The lowest BCUT2D eigenvalue weighted by Crippen LogP contribution is -2.22. The standard InChI is InChI=1S/C10H11ClN2/c1-8-7-10(11)12-13(8)9-5-3-2-4-6-9/h2-6,8H,7H2,1H3. The van der Waals surface area contributed by atoms with Crippen molar-refractivity contribution in [2.75, 3.05) is 5.01 Å².